The third kappa shape index (κ3) is 3.59. The summed E-state index contributed by atoms with van der Waals surface area (Å²) in [5.41, 5.74) is 0.393. The predicted octanol–water partition coefficient (Wildman–Crippen LogP) is 1.26. The minimum atomic E-state index is -0.359. The van der Waals surface area contributed by atoms with Crippen molar-refractivity contribution in [3.63, 3.8) is 0 Å². The number of nitrogens with one attached hydrogen (secondary N) is 1. The van der Waals surface area contributed by atoms with E-state index in [0.29, 0.717) is 29.4 Å². The standard InChI is InChI=1S/C18H19N5O4/c1-11-12-5-2-3-6-13(12)18(25)23(21-11)10-16(24)19-9-15-20-17(27-22-15)14-7-4-8-26-14/h2-3,5-6,14H,4,7-10H2,1H3,(H,19,24)/t14-/m0/s1. The molecular formula is C18H19N5O4. The van der Waals surface area contributed by atoms with E-state index in [1.165, 1.54) is 4.68 Å². The molecule has 0 radical (unpaired) electrons. The number of nitrogens with zero attached hydrogens (tertiary/aromatic N) is 4. The molecule has 0 bridgehead atoms. The van der Waals surface area contributed by atoms with E-state index >= 15 is 0 Å². The number of carbonyl (C=O) groups is 1. The van der Waals surface area contributed by atoms with Crippen LogP contribution >= 0.6 is 0 Å². The summed E-state index contributed by atoms with van der Waals surface area (Å²) >= 11 is 0. The van der Waals surface area contributed by atoms with Crippen molar-refractivity contribution in [2.75, 3.05) is 6.61 Å². The van der Waals surface area contributed by atoms with E-state index in [9.17, 15) is 9.59 Å². The van der Waals surface area contributed by atoms with Gasteiger partial charge in [-0.15, -0.1) is 0 Å². The van der Waals surface area contributed by atoms with Gasteiger partial charge >= 0.3 is 0 Å². The van der Waals surface area contributed by atoms with Crippen molar-refractivity contribution >= 4 is 16.7 Å². The molecular weight excluding hydrogens is 350 g/mol. The van der Waals surface area contributed by atoms with Crippen LogP contribution in [0.25, 0.3) is 10.8 Å². The topological polar surface area (TPSA) is 112 Å². The lowest BCUT2D eigenvalue weighted by Crippen LogP contribution is -2.34. The van der Waals surface area contributed by atoms with Crippen LogP contribution in [0.2, 0.25) is 0 Å². The summed E-state index contributed by atoms with van der Waals surface area (Å²) < 4.78 is 11.8. The molecule has 1 N–H and O–H groups in total. The average Bonchev–Trinajstić information content (AvgIpc) is 3.36. The Balaban J connectivity index is 1.42. The number of aromatic nitrogens is 4. The number of aryl methyl sites for hydroxylation is 1. The number of fused-ring (bicyclic) bond motifs is 1. The summed E-state index contributed by atoms with van der Waals surface area (Å²) in [6.45, 7) is 2.42. The minimum Gasteiger partial charge on any atom is -0.368 e. The summed E-state index contributed by atoms with van der Waals surface area (Å²) in [5.74, 6) is 0.436. The second-order valence-electron chi connectivity index (χ2n) is 6.42. The molecule has 27 heavy (non-hydrogen) atoms. The molecule has 3 heterocycles. The summed E-state index contributed by atoms with van der Waals surface area (Å²) in [6.07, 6.45) is 1.65. The van der Waals surface area contributed by atoms with E-state index in [1.807, 2.05) is 19.1 Å². The number of ether oxygens (including phenoxy) is 1. The fourth-order valence-electron chi connectivity index (χ4n) is 3.12. The van der Waals surface area contributed by atoms with E-state index in [4.69, 9.17) is 9.26 Å². The van der Waals surface area contributed by atoms with Crippen LogP contribution in [0.4, 0.5) is 0 Å². The van der Waals surface area contributed by atoms with Gasteiger partial charge in [0.1, 0.15) is 12.6 Å². The van der Waals surface area contributed by atoms with Crippen LogP contribution in [-0.4, -0.2) is 32.4 Å². The number of rotatable bonds is 5. The Bertz CT molecular complexity index is 1040. The molecule has 1 aliphatic heterocycles. The highest BCUT2D eigenvalue weighted by Crippen LogP contribution is 2.26. The Morgan fingerprint density at radius 2 is 2.15 bits per heavy atom. The van der Waals surface area contributed by atoms with Crippen LogP contribution in [0.15, 0.2) is 33.6 Å². The quantitative estimate of drug-likeness (QED) is 0.720. The van der Waals surface area contributed by atoms with Crippen molar-refractivity contribution in [3.05, 3.63) is 52.0 Å². The smallest absolute Gasteiger partial charge is 0.275 e. The lowest BCUT2D eigenvalue weighted by Gasteiger charge is -2.08. The van der Waals surface area contributed by atoms with Crippen LogP contribution in [-0.2, 0) is 22.6 Å². The zero-order chi connectivity index (χ0) is 18.8. The first kappa shape index (κ1) is 17.3. The molecule has 0 aliphatic carbocycles. The molecule has 0 unspecified atom stereocenters. The van der Waals surface area contributed by atoms with E-state index in [2.05, 4.69) is 20.6 Å². The van der Waals surface area contributed by atoms with Gasteiger partial charge in [0, 0.05) is 12.0 Å². The summed E-state index contributed by atoms with van der Waals surface area (Å²) in [5, 5.41) is 12.1. The fraction of sp³-hybridized carbons (Fsp3) is 0.389. The van der Waals surface area contributed by atoms with Crippen LogP contribution in [0.1, 0.15) is 36.4 Å². The third-order valence-corrected chi connectivity index (χ3v) is 4.48. The van der Waals surface area contributed by atoms with Gasteiger partial charge in [-0.25, -0.2) is 4.68 Å². The normalized spacial score (nSPS) is 16.7. The molecule has 1 aliphatic rings. The molecule has 0 saturated carbocycles. The predicted molar refractivity (Wildman–Crippen MR) is 94.8 cm³/mol. The third-order valence-electron chi connectivity index (χ3n) is 4.48. The van der Waals surface area contributed by atoms with Crippen molar-refractivity contribution in [3.8, 4) is 0 Å². The van der Waals surface area contributed by atoms with Crippen molar-refractivity contribution in [1.82, 2.24) is 25.2 Å². The van der Waals surface area contributed by atoms with E-state index in [-0.39, 0.29) is 30.7 Å². The highest BCUT2D eigenvalue weighted by atomic mass is 16.5. The first-order valence-electron chi connectivity index (χ1n) is 8.79. The van der Waals surface area contributed by atoms with Gasteiger partial charge in [-0.1, -0.05) is 23.4 Å². The summed E-state index contributed by atoms with van der Waals surface area (Å²) in [6, 6.07) is 7.21. The van der Waals surface area contributed by atoms with Crippen molar-refractivity contribution in [1.29, 1.82) is 0 Å². The molecule has 1 amide bonds. The molecule has 1 fully saturated rings. The first-order chi connectivity index (χ1) is 13.1. The highest BCUT2D eigenvalue weighted by Gasteiger charge is 2.23. The zero-order valence-corrected chi connectivity index (χ0v) is 14.8. The van der Waals surface area contributed by atoms with Gasteiger partial charge in [0.2, 0.25) is 5.91 Å². The molecule has 1 saturated heterocycles. The Morgan fingerprint density at radius 3 is 2.93 bits per heavy atom. The van der Waals surface area contributed by atoms with Gasteiger partial charge in [0.25, 0.3) is 11.4 Å². The van der Waals surface area contributed by atoms with Gasteiger partial charge in [-0.05, 0) is 25.8 Å². The highest BCUT2D eigenvalue weighted by molar-refractivity contribution is 5.83. The fourth-order valence-corrected chi connectivity index (χ4v) is 3.12. The van der Waals surface area contributed by atoms with Crippen molar-refractivity contribution < 1.29 is 14.1 Å². The number of carbonyl (C=O) groups excluding carboxylic acids is 1. The Kier molecular flexibility index (Phi) is 4.68. The molecule has 1 aromatic carbocycles. The second kappa shape index (κ2) is 7.28. The zero-order valence-electron chi connectivity index (χ0n) is 14.8. The van der Waals surface area contributed by atoms with Gasteiger partial charge in [-0.2, -0.15) is 10.1 Å². The molecule has 3 aromatic rings. The number of benzene rings is 1. The number of amides is 1. The lowest BCUT2D eigenvalue weighted by molar-refractivity contribution is -0.122. The largest absolute Gasteiger partial charge is 0.368 e. The molecule has 0 spiro atoms. The molecule has 9 nitrogen and oxygen atoms in total. The molecule has 4 rings (SSSR count). The molecule has 2 aromatic heterocycles. The maximum atomic E-state index is 12.5. The summed E-state index contributed by atoms with van der Waals surface area (Å²) in [4.78, 5) is 29.0. The Labute approximate surface area is 154 Å². The van der Waals surface area contributed by atoms with Gasteiger partial charge in [-0.3, -0.25) is 9.59 Å². The maximum Gasteiger partial charge on any atom is 0.275 e. The van der Waals surface area contributed by atoms with Crippen molar-refractivity contribution in [2.24, 2.45) is 0 Å². The van der Waals surface area contributed by atoms with Gasteiger partial charge < -0.3 is 14.6 Å². The number of hydrogen-bond donors (Lipinski definition) is 1. The van der Waals surface area contributed by atoms with E-state index in [1.54, 1.807) is 12.1 Å². The summed E-state index contributed by atoms with van der Waals surface area (Å²) in [7, 11) is 0. The second-order valence-corrected chi connectivity index (χ2v) is 6.42. The average molecular weight is 369 g/mol. The molecule has 9 heteroatoms. The molecule has 1 atom stereocenters. The first-order valence-corrected chi connectivity index (χ1v) is 8.79. The van der Waals surface area contributed by atoms with Crippen LogP contribution in [0.5, 0.6) is 0 Å². The SMILES string of the molecule is Cc1nn(CC(=O)NCc2noc([C@@H]3CCCO3)n2)c(=O)c2ccccc12. The number of hydrogen-bond acceptors (Lipinski definition) is 7. The lowest BCUT2D eigenvalue weighted by atomic mass is 10.1. The van der Waals surface area contributed by atoms with Crippen LogP contribution < -0.4 is 10.9 Å². The Morgan fingerprint density at radius 1 is 1.33 bits per heavy atom. The van der Waals surface area contributed by atoms with Crippen molar-refractivity contribution in [2.45, 2.75) is 39.0 Å². The minimum absolute atomic E-state index is 0.108. The van der Waals surface area contributed by atoms with Crippen LogP contribution in [0.3, 0.4) is 0 Å². The van der Waals surface area contributed by atoms with Gasteiger partial charge in [0.05, 0.1) is 17.6 Å². The van der Waals surface area contributed by atoms with Gasteiger partial charge in [0.15, 0.2) is 5.82 Å². The maximum absolute atomic E-state index is 12.5. The molecule has 140 valence electrons. The monoisotopic (exact) mass is 369 g/mol. The van der Waals surface area contributed by atoms with Crippen LogP contribution in [0, 0.1) is 6.92 Å². The van der Waals surface area contributed by atoms with E-state index in [0.717, 1.165) is 18.2 Å². The van der Waals surface area contributed by atoms with E-state index < -0.39 is 0 Å². The Hall–Kier alpha value is -3.07.